The van der Waals surface area contributed by atoms with Crippen LogP contribution in [0, 0.1) is 18.8 Å². The molecule has 3 aliphatic rings. The number of amides is 2. The third-order valence-electron chi connectivity index (χ3n) is 8.67. The molecule has 0 radical (unpaired) electrons. The molecule has 1 N–H and O–H groups in total. The van der Waals surface area contributed by atoms with E-state index in [0.29, 0.717) is 11.6 Å². The number of aryl methyl sites for hydroxylation is 1. The number of piperazine rings is 1. The van der Waals surface area contributed by atoms with Gasteiger partial charge in [0.25, 0.3) is 0 Å². The first-order valence-electron chi connectivity index (χ1n) is 13.7. The number of benzene rings is 1. The largest absolute Gasteiger partial charge is 0.449 e. The first-order valence-corrected chi connectivity index (χ1v) is 13.7. The van der Waals surface area contributed by atoms with E-state index in [2.05, 4.69) is 45.9 Å². The summed E-state index contributed by atoms with van der Waals surface area (Å²) in [7, 11) is 2.09. The zero-order valence-corrected chi connectivity index (χ0v) is 22.6. The highest BCUT2D eigenvalue weighted by Crippen LogP contribution is 2.38. The third kappa shape index (κ3) is 4.13. The molecule has 2 aromatic heterocycles. The van der Waals surface area contributed by atoms with Crippen LogP contribution in [-0.4, -0.2) is 61.8 Å². The van der Waals surface area contributed by atoms with Crippen molar-refractivity contribution in [2.45, 2.75) is 71.2 Å². The Morgan fingerprint density at radius 1 is 1.16 bits per heavy atom. The first-order chi connectivity index (χ1) is 18.4. The van der Waals surface area contributed by atoms with Gasteiger partial charge in [0.15, 0.2) is 5.89 Å². The number of carbonyl (C=O) groups is 2. The van der Waals surface area contributed by atoms with Gasteiger partial charge in [-0.05, 0) is 42.9 Å². The smallest absolute Gasteiger partial charge is 0.247 e. The first kappa shape index (κ1) is 24.9. The van der Waals surface area contributed by atoms with Crippen molar-refractivity contribution in [3.63, 3.8) is 0 Å². The SMILES string of the molecule is CC[C@H](C)[C@@H]1C(=O)N[C@H](C2Cc3ccccc3C2)C(=O)N1[C@@H](c1coc(C)n1)c1ncc2n1CCN(C)C2. The second kappa shape index (κ2) is 9.69. The van der Waals surface area contributed by atoms with Gasteiger partial charge in [0.2, 0.25) is 11.8 Å². The van der Waals surface area contributed by atoms with Crippen LogP contribution in [0.4, 0.5) is 0 Å². The Balaban J connectivity index is 1.45. The van der Waals surface area contributed by atoms with Crippen LogP contribution >= 0.6 is 0 Å². The van der Waals surface area contributed by atoms with E-state index < -0.39 is 18.1 Å². The second-order valence-corrected chi connectivity index (χ2v) is 11.2. The molecule has 1 aromatic carbocycles. The van der Waals surface area contributed by atoms with E-state index in [-0.39, 0.29) is 23.7 Å². The molecule has 0 saturated carbocycles. The van der Waals surface area contributed by atoms with Crippen molar-refractivity contribution in [2.24, 2.45) is 11.8 Å². The summed E-state index contributed by atoms with van der Waals surface area (Å²) < 4.78 is 7.85. The lowest BCUT2D eigenvalue weighted by Crippen LogP contribution is -2.67. The van der Waals surface area contributed by atoms with Crippen LogP contribution in [0.2, 0.25) is 0 Å². The van der Waals surface area contributed by atoms with Gasteiger partial charge >= 0.3 is 0 Å². The summed E-state index contributed by atoms with van der Waals surface area (Å²) in [6.07, 6.45) is 5.81. The van der Waals surface area contributed by atoms with E-state index in [1.807, 2.05) is 25.3 Å². The number of nitrogens with zero attached hydrogens (tertiary/aromatic N) is 5. The van der Waals surface area contributed by atoms with E-state index in [4.69, 9.17) is 9.40 Å². The Kier molecular flexibility index (Phi) is 6.34. The van der Waals surface area contributed by atoms with Crippen molar-refractivity contribution in [2.75, 3.05) is 13.6 Å². The van der Waals surface area contributed by atoms with E-state index >= 15 is 0 Å². The fourth-order valence-corrected chi connectivity index (χ4v) is 6.48. The maximum atomic E-state index is 14.6. The minimum absolute atomic E-state index is 0.00627. The number of carbonyl (C=O) groups excluding carboxylic acids is 2. The van der Waals surface area contributed by atoms with Crippen molar-refractivity contribution in [3.05, 3.63) is 71.0 Å². The molecule has 9 nitrogen and oxygen atoms in total. The Morgan fingerprint density at radius 2 is 1.89 bits per heavy atom. The highest BCUT2D eigenvalue weighted by atomic mass is 16.3. The number of rotatable bonds is 6. The molecule has 4 heterocycles. The maximum absolute atomic E-state index is 14.6. The van der Waals surface area contributed by atoms with Crippen molar-refractivity contribution < 1.29 is 14.0 Å². The molecule has 0 spiro atoms. The van der Waals surface area contributed by atoms with Gasteiger partial charge in [0, 0.05) is 32.8 Å². The molecule has 1 aliphatic carbocycles. The van der Waals surface area contributed by atoms with Crippen molar-refractivity contribution >= 4 is 11.8 Å². The van der Waals surface area contributed by atoms with Crippen LogP contribution in [-0.2, 0) is 35.5 Å². The molecule has 200 valence electrons. The predicted octanol–water partition coefficient (Wildman–Crippen LogP) is 2.87. The lowest BCUT2D eigenvalue weighted by Gasteiger charge is -2.46. The van der Waals surface area contributed by atoms with Crippen LogP contribution in [0.5, 0.6) is 0 Å². The molecule has 2 aliphatic heterocycles. The number of imidazole rings is 1. The van der Waals surface area contributed by atoms with Crippen molar-refractivity contribution in [1.29, 1.82) is 0 Å². The van der Waals surface area contributed by atoms with Gasteiger partial charge in [0.05, 0.1) is 5.69 Å². The van der Waals surface area contributed by atoms with Crippen molar-refractivity contribution in [1.82, 2.24) is 29.7 Å². The Morgan fingerprint density at radius 3 is 2.55 bits per heavy atom. The van der Waals surface area contributed by atoms with E-state index in [0.717, 1.165) is 50.4 Å². The minimum atomic E-state index is -0.631. The number of hydrogen-bond acceptors (Lipinski definition) is 6. The monoisotopic (exact) mass is 516 g/mol. The molecule has 4 atom stereocenters. The fourth-order valence-electron chi connectivity index (χ4n) is 6.48. The Labute approximate surface area is 223 Å². The van der Waals surface area contributed by atoms with Crippen LogP contribution in [0.3, 0.4) is 0 Å². The normalized spacial score (nSPS) is 23.7. The standard InChI is InChI=1S/C29H36N6O3/c1-5-17(2)25-28(36)32-24(21-12-19-8-6-7-9-20(19)13-21)29(37)35(25)26(23-16-38-18(3)31-23)27-30-14-22-15-33(4)10-11-34(22)27/h6-9,14,16-17,21,24-26H,5,10-13,15H2,1-4H3,(H,32,36)/t17-,24+,25+,26-/m0/s1. The molecule has 2 amide bonds. The molecule has 3 aromatic rings. The second-order valence-electron chi connectivity index (χ2n) is 11.2. The van der Waals surface area contributed by atoms with Gasteiger partial charge in [-0.15, -0.1) is 0 Å². The van der Waals surface area contributed by atoms with Crippen LogP contribution in [0.15, 0.2) is 41.1 Å². The average Bonchev–Trinajstić information content (AvgIpc) is 3.64. The van der Waals surface area contributed by atoms with Gasteiger partial charge in [-0.25, -0.2) is 9.97 Å². The topological polar surface area (TPSA) is 96.5 Å². The molecule has 9 heteroatoms. The third-order valence-corrected chi connectivity index (χ3v) is 8.67. The zero-order chi connectivity index (χ0) is 26.6. The van der Waals surface area contributed by atoms with E-state index in [9.17, 15) is 9.59 Å². The van der Waals surface area contributed by atoms with E-state index in [1.165, 1.54) is 11.1 Å². The van der Waals surface area contributed by atoms with Crippen molar-refractivity contribution in [3.8, 4) is 0 Å². The molecule has 38 heavy (non-hydrogen) atoms. The number of hydrogen-bond donors (Lipinski definition) is 1. The van der Waals surface area contributed by atoms with Gasteiger partial charge in [0.1, 0.15) is 35.9 Å². The molecule has 0 bridgehead atoms. The summed E-state index contributed by atoms with van der Waals surface area (Å²) in [6.45, 7) is 8.32. The summed E-state index contributed by atoms with van der Waals surface area (Å²) in [6, 6.07) is 6.47. The molecule has 6 rings (SSSR count). The highest BCUT2D eigenvalue weighted by molar-refractivity contribution is 5.98. The lowest BCUT2D eigenvalue weighted by atomic mass is 9.86. The summed E-state index contributed by atoms with van der Waals surface area (Å²) >= 11 is 0. The maximum Gasteiger partial charge on any atom is 0.247 e. The highest BCUT2D eigenvalue weighted by Gasteiger charge is 2.51. The fraction of sp³-hybridized carbons (Fsp3) is 0.517. The Bertz CT molecular complexity index is 1340. The summed E-state index contributed by atoms with van der Waals surface area (Å²) in [4.78, 5) is 42.0. The van der Waals surface area contributed by atoms with Crippen LogP contribution in [0.25, 0.3) is 0 Å². The molecular weight excluding hydrogens is 480 g/mol. The number of fused-ring (bicyclic) bond motifs is 2. The lowest BCUT2D eigenvalue weighted by molar-refractivity contribution is -0.155. The van der Waals surface area contributed by atoms with Crippen LogP contribution in [0.1, 0.15) is 60.5 Å². The molecular formula is C29H36N6O3. The predicted molar refractivity (Wildman–Crippen MR) is 141 cm³/mol. The van der Waals surface area contributed by atoms with Gasteiger partial charge in [-0.2, -0.15) is 0 Å². The summed E-state index contributed by atoms with van der Waals surface area (Å²) in [5, 5.41) is 3.16. The number of oxazole rings is 1. The van der Waals surface area contributed by atoms with Gasteiger partial charge in [-0.3, -0.25) is 14.5 Å². The number of aromatic nitrogens is 3. The summed E-state index contributed by atoms with van der Waals surface area (Å²) in [5.74, 6) is 1.06. The Hall–Kier alpha value is -3.46. The molecule has 0 unspecified atom stereocenters. The van der Waals surface area contributed by atoms with Crippen LogP contribution < -0.4 is 5.32 Å². The number of nitrogens with one attached hydrogen (secondary N) is 1. The summed E-state index contributed by atoms with van der Waals surface area (Å²) in [5.41, 5.74) is 4.21. The molecule has 1 fully saturated rings. The zero-order valence-electron chi connectivity index (χ0n) is 22.6. The van der Waals surface area contributed by atoms with E-state index in [1.54, 1.807) is 18.1 Å². The van der Waals surface area contributed by atoms with Gasteiger partial charge in [-0.1, -0.05) is 44.5 Å². The number of likely N-dealkylation sites (N-methyl/N-ethyl adjacent to an activating group) is 1. The minimum Gasteiger partial charge on any atom is -0.449 e. The van der Waals surface area contributed by atoms with Gasteiger partial charge < -0.3 is 19.2 Å². The quantitative estimate of drug-likeness (QED) is 0.541. The molecule has 1 saturated heterocycles. The average molecular weight is 517 g/mol.